The van der Waals surface area contributed by atoms with Crippen LogP contribution in [0.15, 0.2) is 48.5 Å². The number of anilines is 1. The van der Waals surface area contributed by atoms with E-state index in [0.717, 1.165) is 38.4 Å². The summed E-state index contributed by atoms with van der Waals surface area (Å²) in [4.78, 5) is 18.0. The van der Waals surface area contributed by atoms with Crippen LogP contribution in [0.4, 0.5) is 5.69 Å². The molecule has 1 fully saturated rings. The Morgan fingerprint density at radius 1 is 1.10 bits per heavy atom. The number of benzene rings is 2. The molecule has 0 unspecified atom stereocenters. The molecule has 3 rings (SSSR count). The third-order valence-corrected chi connectivity index (χ3v) is 5.80. The summed E-state index contributed by atoms with van der Waals surface area (Å²) in [5, 5.41) is 3.76. The smallest absolute Gasteiger partial charge is 0.242 e. The third kappa shape index (κ3) is 6.27. The second-order valence-corrected chi connectivity index (χ2v) is 8.34. The van der Waals surface area contributed by atoms with Crippen molar-refractivity contribution in [3.8, 4) is 0 Å². The van der Waals surface area contributed by atoms with E-state index >= 15 is 0 Å². The Hall–Kier alpha value is -2.44. The Bertz CT molecular complexity index is 844. The molecule has 1 saturated heterocycles. The first kappa shape index (κ1) is 21.3. The van der Waals surface area contributed by atoms with E-state index in [-0.39, 0.29) is 5.91 Å². The highest BCUT2D eigenvalue weighted by molar-refractivity contribution is 7.80. The molecule has 0 aromatic heterocycles. The number of hydrogen-bond acceptors (Lipinski definition) is 2. The largest absolute Gasteiger partial charge is 0.343 e. The number of thiocarbonyl (C=S) groups is 1. The Kier molecular flexibility index (Phi) is 7.23. The van der Waals surface area contributed by atoms with E-state index in [2.05, 4.69) is 43.4 Å². The number of likely N-dealkylation sites (N-methyl/N-ethyl adjacent to an activating group) is 1. The van der Waals surface area contributed by atoms with Gasteiger partial charge in [-0.05, 0) is 38.2 Å². The number of rotatable bonds is 5. The van der Waals surface area contributed by atoms with Crippen LogP contribution in [0.1, 0.15) is 16.7 Å². The number of aryl methyl sites for hydroxylation is 2. The zero-order valence-corrected chi connectivity index (χ0v) is 18.4. The molecule has 1 aliphatic heterocycles. The predicted octanol–water partition coefficient (Wildman–Crippen LogP) is 1.86. The number of piperazine rings is 1. The van der Waals surface area contributed by atoms with Crippen molar-refractivity contribution in [2.24, 2.45) is 0 Å². The van der Waals surface area contributed by atoms with E-state index in [1.807, 2.05) is 41.1 Å². The van der Waals surface area contributed by atoms with Gasteiger partial charge >= 0.3 is 0 Å². The van der Waals surface area contributed by atoms with E-state index < -0.39 is 0 Å². The monoisotopic (exact) mass is 411 g/mol. The molecule has 0 spiro atoms. The summed E-state index contributed by atoms with van der Waals surface area (Å²) in [5.41, 5.74) is 4.81. The first-order valence-electron chi connectivity index (χ1n) is 10.2. The molecule has 1 amide bonds. The fourth-order valence-corrected chi connectivity index (χ4v) is 3.77. The average Bonchev–Trinajstić information content (AvgIpc) is 2.70. The van der Waals surface area contributed by atoms with Crippen LogP contribution in [0.25, 0.3) is 0 Å². The zero-order chi connectivity index (χ0) is 20.8. The molecule has 1 heterocycles. The van der Waals surface area contributed by atoms with E-state index in [4.69, 9.17) is 12.2 Å². The van der Waals surface area contributed by atoms with Gasteiger partial charge in [0.05, 0.1) is 32.7 Å². The summed E-state index contributed by atoms with van der Waals surface area (Å²) in [6, 6.07) is 16.7. The Morgan fingerprint density at radius 2 is 1.79 bits per heavy atom. The molecule has 0 atom stereocenters. The van der Waals surface area contributed by atoms with Crippen molar-refractivity contribution in [3.63, 3.8) is 0 Å². The third-order valence-electron chi connectivity index (χ3n) is 5.38. The minimum absolute atomic E-state index is 0.134. The van der Waals surface area contributed by atoms with Crippen molar-refractivity contribution >= 4 is 28.9 Å². The number of amides is 1. The second-order valence-electron chi connectivity index (χ2n) is 7.95. The van der Waals surface area contributed by atoms with Gasteiger partial charge in [0.15, 0.2) is 5.11 Å². The molecule has 1 aliphatic rings. The van der Waals surface area contributed by atoms with Gasteiger partial charge in [-0.1, -0.05) is 47.5 Å². The lowest BCUT2D eigenvalue weighted by atomic mass is 10.1. The van der Waals surface area contributed by atoms with Gasteiger partial charge in [-0.25, -0.2) is 0 Å². The van der Waals surface area contributed by atoms with Crippen molar-refractivity contribution in [1.82, 2.24) is 9.80 Å². The Morgan fingerprint density at radius 3 is 2.45 bits per heavy atom. The maximum Gasteiger partial charge on any atom is 0.242 e. The van der Waals surface area contributed by atoms with Crippen LogP contribution < -0.4 is 10.2 Å². The minimum Gasteiger partial charge on any atom is -0.343 e. The van der Waals surface area contributed by atoms with Gasteiger partial charge in [0.25, 0.3) is 0 Å². The number of hydrogen-bond donors (Lipinski definition) is 2. The average molecular weight is 412 g/mol. The van der Waals surface area contributed by atoms with Gasteiger partial charge in [0.1, 0.15) is 6.54 Å². The van der Waals surface area contributed by atoms with Crippen molar-refractivity contribution in [3.05, 3.63) is 65.2 Å². The lowest BCUT2D eigenvalue weighted by molar-refractivity contribution is -0.917. The predicted molar refractivity (Wildman–Crippen MR) is 122 cm³/mol. The van der Waals surface area contributed by atoms with E-state index in [9.17, 15) is 4.79 Å². The fourth-order valence-electron chi connectivity index (χ4n) is 3.59. The van der Waals surface area contributed by atoms with Gasteiger partial charge in [0, 0.05) is 18.3 Å². The van der Waals surface area contributed by atoms with E-state index in [1.54, 1.807) is 0 Å². The van der Waals surface area contributed by atoms with E-state index in [0.29, 0.717) is 11.7 Å². The highest BCUT2D eigenvalue weighted by atomic mass is 32.1. The first-order valence-corrected chi connectivity index (χ1v) is 10.6. The van der Waals surface area contributed by atoms with Gasteiger partial charge in [0.2, 0.25) is 5.91 Å². The maximum absolute atomic E-state index is 12.7. The van der Waals surface area contributed by atoms with Crippen molar-refractivity contribution < 1.29 is 9.69 Å². The number of quaternary nitrogens is 1. The molecule has 0 bridgehead atoms. The second kappa shape index (κ2) is 9.85. The van der Waals surface area contributed by atoms with Crippen molar-refractivity contribution in [2.75, 3.05) is 45.1 Å². The molecular formula is C23H31N4OS+. The normalized spacial score (nSPS) is 14.5. The van der Waals surface area contributed by atoms with Gasteiger partial charge in [-0.15, -0.1) is 0 Å². The minimum atomic E-state index is 0.134. The fraction of sp³-hybridized carbons (Fsp3) is 0.391. The van der Waals surface area contributed by atoms with Gasteiger partial charge in [-0.2, -0.15) is 0 Å². The van der Waals surface area contributed by atoms with E-state index in [1.165, 1.54) is 21.6 Å². The van der Waals surface area contributed by atoms with Crippen molar-refractivity contribution in [1.29, 1.82) is 0 Å². The van der Waals surface area contributed by atoms with Crippen LogP contribution in [-0.2, 0) is 11.3 Å². The van der Waals surface area contributed by atoms with Crippen molar-refractivity contribution in [2.45, 2.75) is 20.4 Å². The molecule has 0 radical (unpaired) electrons. The van der Waals surface area contributed by atoms with Crippen LogP contribution in [0.3, 0.4) is 0 Å². The first-order chi connectivity index (χ1) is 13.9. The molecule has 154 valence electrons. The zero-order valence-electron chi connectivity index (χ0n) is 17.6. The summed E-state index contributed by atoms with van der Waals surface area (Å²) in [6.07, 6.45) is 0. The quantitative estimate of drug-likeness (QED) is 0.737. The lowest BCUT2D eigenvalue weighted by Crippen LogP contribution is -3.13. The SMILES string of the molecule is Cc1ccc(NC(=S)N(C)CC(=O)N2CC[NH+](Cc3cccc(C)c3)CC2)cc1. The molecule has 2 aromatic carbocycles. The standard InChI is InChI=1S/C23H30N4OS/c1-18-7-9-21(10-8-18)24-23(29)25(3)17-22(28)27-13-11-26(12-14-27)16-20-6-4-5-19(2)15-20/h4-10,15H,11-14,16-17H2,1-3H3,(H,24,29)/p+1. The molecule has 5 nitrogen and oxygen atoms in total. The lowest BCUT2D eigenvalue weighted by Gasteiger charge is -2.33. The van der Waals surface area contributed by atoms with Crippen LogP contribution in [0, 0.1) is 13.8 Å². The molecule has 0 aliphatic carbocycles. The van der Waals surface area contributed by atoms with Crippen LogP contribution in [0.2, 0.25) is 0 Å². The number of nitrogens with one attached hydrogen (secondary N) is 2. The highest BCUT2D eigenvalue weighted by Gasteiger charge is 2.24. The summed E-state index contributed by atoms with van der Waals surface area (Å²) >= 11 is 5.45. The summed E-state index contributed by atoms with van der Waals surface area (Å²) < 4.78 is 0. The molecule has 0 saturated carbocycles. The Labute approximate surface area is 179 Å². The molecule has 6 heteroatoms. The maximum atomic E-state index is 12.7. The van der Waals surface area contributed by atoms with Crippen LogP contribution in [-0.4, -0.2) is 60.6 Å². The summed E-state index contributed by atoms with van der Waals surface area (Å²) in [7, 11) is 1.86. The molecule has 29 heavy (non-hydrogen) atoms. The highest BCUT2D eigenvalue weighted by Crippen LogP contribution is 2.09. The topological polar surface area (TPSA) is 40.0 Å². The number of carbonyl (C=O) groups excluding carboxylic acids is 1. The Balaban J connectivity index is 1.44. The summed E-state index contributed by atoms with van der Waals surface area (Å²) in [6.45, 7) is 9.06. The summed E-state index contributed by atoms with van der Waals surface area (Å²) in [5.74, 6) is 0.134. The van der Waals surface area contributed by atoms with Gasteiger partial charge < -0.3 is 20.0 Å². The van der Waals surface area contributed by atoms with Crippen LogP contribution in [0.5, 0.6) is 0 Å². The number of nitrogens with zero attached hydrogens (tertiary/aromatic N) is 2. The number of carbonyl (C=O) groups is 1. The van der Waals surface area contributed by atoms with Gasteiger partial charge in [-0.3, -0.25) is 4.79 Å². The molecule has 2 aromatic rings. The van der Waals surface area contributed by atoms with Crippen LogP contribution >= 0.6 is 12.2 Å². The molecular weight excluding hydrogens is 380 g/mol. The molecule has 2 N–H and O–H groups in total.